The van der Waals surface area contributed by atoms with E-state index in [2.05, 4.69) is 73.7 Å². The summed E-state index contributed by atoms with van der Waals surface area (Å²) in [7, 11) is -1.22. The zero-order chi connectivity index (χ0) is 20.6. The number of benzene rings is 1. The molecule has 3 heteroatoms. The Morgan fingerprint density at radius 1 is 1.07 bits per heavy atom. The molecule has 0 bridgehead atoms. The van der Waals surface area contributed by atoms with Crippen LogP contribution in [0.4, 0.5) is 0 Å². The van der Waals surface area contributed by atoms with Crippen LogP contribution in [-0.2, 0) is 15.3 Å². The molecule has 0 N–H and O–H groups in total. The lowest BCUT2D eigenvalue weighted by Crippen LogP contribution is -2.34. The summed E-state index contributed by atoms with van der Waals surface area (Å²) in [5, 5.41) is 0. The van der Waals surface area contributed by atoms with Crippen LogP contribution in [-0.4, -0.2) is 15.3 Å². The second kappa shape index (κ2) is 7.83. The lowest BCUT2D eigenvalue weighted by atomic mass is 9.62. The first-order valence-electron chi connectivity index (χ1n) is 10.6. The maximum Gasteiger partial charge on any atom is 0.171 e. The standard InChI is InChI=1S/C24H40O2Si/c1-22(2,3)11-10-21(26-27(8)9)18-15-20-19(14-17(18)16-25)23(4,5)12-13-24(20,6)7/h14-16,21,27H,10-13H2,1-9H3. The Bertz CT molecular complexity index is 680. The quantitative estimate of drug-likeness (QED) is 0.399. The minimum atomic E-state index is -1.22. The van der Waals surface area contributed by atoms with E-state index in [4.69, 9.17) is 4.43 Å². The molecule has 0 heterocycles. The number of rotatable bonds is 6. The number of aldehydes is 1. The molecule has 0 amide bonds. The molecule has 0 saturated heterocycles. The van der Waals surface area contributed by atoms with E-state index in [1.165, 1.54) is 17.5 Å². The molecular weight excluding hydrogens is 348 g/mol. The van der Waals surface area contributed by atoms with Crippen LogP contribution >= 0.6 is 0 Å². The van der Waals surface area contributed by atoms with Crippen molar-refractivity contribution in [3.05, 3.63) is 34.4 Å². The van der Waals surface area contributed by atoms with Gasteiger partial charge in [0.1, 0.15) is 6.29 Å². The molecule has 1 aromatic carbocycles. The van der Waals surface area contributed by atoms with Gasteiger partial charge in [0.2, 0.25) is 0 Å². The van der Waals surface area contributed by atoms with E-state index in [-0.39, 0.29) is 22.3 Å². The SMILES string of the molecule is C[SiH](C)OC(CCC(C)(C)C)c1cc2c(cc1C=O)C(C)(C)CCC2(C)C. The summed E-state index contributed by atoms with van der Waals surface area (Å²) in [4.78, 5) is 12.0. The maximum absolute atomic E-state index is 12.0. The van der Waals surface area contributed by atoms with Gasteiger partial charge in [0.25, 0.3) is 0 Å². The van der Waals surface area contributed by atoms with Gasteiger partial charge in [-0.2, -0.15) is 0 Å². The molecule has 2 rings (SSSR count). The van der Waals surface area contributed by atoms with E-state index in [9.17, 15) is 4.79 Å². The second-order valence-corrected chi connectivity index (χ2v) is 13.6. The first kappa shape index (κ1) is 22.4. The predicted octanol–water partition coefficient (Wildman–Crippen LogP) is 6.72. The molecule has 1 aromatic rings. The van der Waals surface area contributed by atoms with Gasteiger partial charge < -0.3 is 4.43 Å². The largest absolute Gasteiger partial charge is 0.414 e. The Hall–Kier alpha value is -0.933. The average molecular weight is 389 g/mol. The Morgan fingerprint density at radius 2 is 1.59 bits per heavy atom. The summed E-state index contributed by atoms with van der Waals surface area (Å²) in [6.45, 7) is 20.6. The monoisotopic (exact) mass is 388 g/mol. The molecule has 0 aromatic heterocycles. The summed E-state index contributed by atoms with van der Waals surface area (Å²) in [5.41, 5.74) is 5.22. The molecule has 0 spiro atoms. The molecule has 27 heavy (non-hydrogen) atoms. The van der Waals surface area contributed by atoms with Crippen LogP contribution in [0.25, 0.3) is 0 Å². The van der Waals surface area contributed by atoms with Crippen LogP contribution in [0.15, 0.2) is 12.1 Å². The minimum Gasteiger partial charge on any atom is -0.414 e. The number of carbonyl (C=O) groups is 1. The maximum atomic E-state index is 12.0. The van der Waals surface area contributed by atoms with Crippen molar-refractivity contribution in [3.63, 3.8) is 0 Å². The van der Waals surface area contributed by atoms with Crippen molar-refractivity contribution in [1.29, 1.82) is 0 Å². The number of carbonyl (C=O) groups excluding carboxylic acids is 1. The number of hydrogen-bond acceptors (Lipinski definition) is 2. The van der Waals surface area contributed by atoms with Gasteiger partial charge in [0, 0.05) is 5.56 Å². The van der Waals surface area contributed by atoms with Crippen molar-refractivity contribution in [3.8, 4) is 0 Å². The summed E-state index contributed by atoms with van der Waals surface area (Å²) in [6.07, 6.45) is 5.47. The molecule has 1 unspecified atom stereocenters. The van der Waals surface area contributed by atoms with Crippen molar-refractivity contribution in [2.75, 3.05) is 0 Å². The lowest BCUT2D eigenvalue weighted by Gasteiger charge is -2.42. The highest BCUT2D eigenvalue weighted by molar-refractivity contribution is 6.48. The number of fused-ring (bicyclic) bond motifs is 1. The molecule has 2 nitrogen and oxygen atoms in total. The molecule has 152 valence electrons. The van der Waals surface area contributed by atoms with Crippen LogP contribution in [0.2, 0.25) is 13.1 Å². The fourth-order valence-corrected chi connectivity index (χ4v) is 5.16. The smallest absolute Gasteiger partial charge is 0.171 e. The van der Waals surface area contributed by atoms with Gasteiger partial charge in [0.05, 0.1) is 6.10 Å². The zero-order valence-electron chi connectivity index (χ0n) is 19.0. The first-order valence-corrected chi connectivity index (χ1v) is 13.3. The summed E-state index contributed by atoms with van der Waals surface area (Å²) >= 11 is 0. The third-order valence-corrected chi connectivity index (χ3v) is 7.00. The fraction of sp³-hybridized carbons (Fsp3) is 0.708. The highest BCUT2D eigenvalue weighted by Gasteiger charge is 2.38. The second-order valence-electron chi connectivity index (χ2n) is 11.2. The van der Waals surface area contributed by atoms with Gasteiger partial charge in [-0.25, -0.2) is 0 Å². The lowest BCUT2D eigenvalue weighted by molar-refractivity contribution is 0.111. The van der Waals surface area contributed by atoms with E-state index in [0.717, 1.165) is 36.7 Å². The van der Waals surface area contributed by atoms with Gasteiger partial charge in [-0.05, 0) is 77.8 Å². The predicted molar refractivity (Wildman–Crippen MR) is 119 cm³/mol. The average Bonchev–Trinajstić information content (AvgIpc) is 2.53. The van der Waals surface area contributed by atoms with E-state index in [1.54, 1.807) is 0 Å². The molecule has 0 radical (unpaired) electrons. The summed E-state index contributed by atoms with van der Waals surface area (Å²) in [6, 6.07) is 4.50. The molecule has 0 saturated carbocycles. The van der Waals surface area contributed by atoms with Crippen molar-refractivity contribution in [1.82, 2.24) is 0 Å². The third-order valence-electron chi connectivity index (χ3n) is 6.12. The van der Waals surface area contributed by atoms with Crippen LogP contribution in [0.3, 0.4) is 0 Å². The van der Waals surface area contributed by atoms with Gasteiger partial charge in [-0.15, -0.1) is 0 Å². The highest BCUT2D eigenvalue weighted by atomic mass is 28.3. The Morgan fingerprint density at radius 3 is 2.04 bits per heavy atom. The van der Waals surface area contributed by atoms with Crippen LogP contribution in [0.5, 0.6) is 0 Å². The van der Waals surface area contributed by atoms with Crippen LogP contribution < -0.4 is 0 Å². The minimum absolute atomic E-state index is 0.0298. The van der Waals surface area contributed by atoms with E-state index in [0.29, 0.717) is 0 Å². The van der Waals surface area contributed by atoms with E-state index >= 15 is 0 Å². The Balaban J connectivity index is 2.57. The summed E-state index contributed by atoms with van der Waals surface area (Å²) in [5.74, 6) is 0. The molecule has 0 fully saturated rings. The number of hydrogen-bond donors (Lipinski definition) is 0. The van der Waals surface area contributed by atoms with E-state index in [1.807, 2.05) is 0 Å². The van der Waals surface area contributed by atoms with E-state index < -0.39 is 9.04 Å². The highest BCUT2D eigenvalue weighted by Crippen LogP contribution is 2.47. The van der Waals surface area contributed by atoms with Gasteiger partial charge >= 0.3 is 0 Å². The normalized spacial score (nSPS) is 19.6. The van der Waals surface area contributed by atoms with Crippen LogP contribution in [0, 0.1) is 5.41 Å². The van der Waals surface area contributed by atoms with Crippen molar-refractivity contribution < 1.29 is 9.22 Å². The van der Waals surface area contributed by atoms with Gasteiger partial charge in [-0.3, -0.25) is 4.79 Å². The molecular formula is C24H40O2Si. The molecule has 1 aliphatic carbocycles. The van der Waals surface area contributed by atoms with Crippen molar-refractivity contribution >= 4 is 15.3 Å². The van der Waals surface area contributed by atoms with Gasteiger partial charge in [-0.1, -0.05) is 54.5 Å². The molecule has 1 aliphatic rings. The first-order chi connectivity index (χ1) is 12.3. The molecule has 1 atom stereocenters. The third kappa shape index (κ3) is 5.32. The topological polar surface area (TPSA) is 26.3 Å². The van der Waals surface area contributed by atoms with Crippen molar-refractivity contribution in [2.24, 2.45) is 5.41 Å². The fourth-order valence-electron chi connectivity index (χ4n) is 4.22. The Labute approximate surface area is 168 Å². The zero-order valence-corrected chi connectivity index (χ0v) is 20.2. The Kier molecular flexibility index (Phi) is 6.48. The molecule has 0 aliphatic heterocycles. The summed E-state index contributed by atoms with van der Waals surface area (Å²) < 4.78 is 6.47. The van der Waals surface area contributed by atoms with Crippen LogP contribution in [0.1, 0.15) is 107 Å². The van der Waals surface area contributed by atoms with Gasteiger partial charge in [0.15, 0.2) is 9.04 Å². The van der Waals surface area contributed by atoms with Crippen molar-refractivity contribution in [2.45, 2.75) is 104 Å².